The molecule has 7 aliphatic heterocycles. The molecule has 13 heteroatoms. The van der Waals surface area contributed by atoms with Gasteiger partial charge in [-0.3, -0.25) is 14.9 Å². The highest BCUT2D eigenvalue weighted by Crippen LogP contribution is 2.95. The molecular weight excluding hydrogens is 1080 g/mol. The topological polar surface area (TPSA) is 181 Å². The number of ketones is 1. The molecule has 1 aromatic heterocycles. The minimum Gasteiger partial charge on any atom is -0.469 e. The van der Waals surface area contributed by atoms with Gasteiger partial charge in [0, 0.05) is 40.8 Å². The number of aliphatic hydroxyl groups excluding tert-OH is 3. The highest BCUT2D eigenvalue weighted by atomic mass is 16.7. The summed E-state index contributed by atoms with van der Waals surface area (Å²) in [6.07, 6.45) is 30.1. The van der Waals surface area contributed by atoms with Crippen molar-refractivity contribution in [2.75, 3.05) is 26.4 Å². The standard InChI is InChI=1S/C73H90N2O11/c1-65-35-45-36-70-50-32-47(66(70)23-8-9-24-66)20-26-69(70)64(81)83-39-67-58(45)71(48-16-10-13-42(30-48)29-41-11-4-2-5-12-41,60(79)57(78)59(67)68(46-14-6-3-7-15-46)25-19-49(33-50)72(67,69)86-68)73(65)62(85-73)63(80)84-61(65)52-22-28-82-56(52)34-53(55(77)38-76)43-17-18-51-44(31-43)21-27-75-40-74-37-54(51)75/h2,4-5,11-12,19-22,26-28,42-48,50-51,53-55,58-62,74,76-77,79H,3,6-10,13-18,23-25,29-40H2,1H3/t42-,43+,44-,45+,47+,48+,50-,51+,53+,54-,55-,58-,59+,60-,61+,62-,65+,67-,68-,69+,70+,71+,72-,73-/m1/s1. The van der Waals surface area contributed by atoms with Gasteiger partial charge in [0.15, 0.2) is 11.9 Å². The maximum atomic E-state index is 17.7. The molecule has 5 saturated heterocycles. The number of rotatable bonds is 10. The second-order valence-electron chi connectivity index (χ2n) is 32.4. The summed E-state index contributed by atoms with van der Waals surface area (Å²) in [6, 6.07) is 13.3. The van der Waals surface area contributed by atoms with Gasteiger partial charge in [-0.05, 0) is 190 Å². The number of carbonyl (C=O) groups is 3. The fourth-order valence-corrected chi connectivity index (χ4v) is 28.4. The SMILES string of the molecule is C[C@@]12C[C@H]3C[C@@]45[C@H]6CC7=CC[C@]8(C9CCCCC9)O[C@@]79[C@]7(COC(=O)[C@]94C=C[C@@H](C6)C54CCCC4)[C@@H]3[C@@]([C@H]3CCC[C@H](Cc4ccccc4)C3)([C@H](O)C(=O)[C@@H]78)[C@]13O[C@@H]3C(=O)O[C@H]2c1ccoc1C[C@@H]([C@H]1CC[C@H]2[C@H](C=CN3CNC[C@H]23)C1)[C@H](O)CO. The molecule has 24 atom stereocenters. The van der Waals surface area contributed by atoms with E-state index in [2.05, 4.69) is 78.0 Å². The molecule has 0 amide bonds. The summed E-state index contributed by atoms with van der Waals surface area (Å²) >= 11 is 0. The summed E-state index contributed by atoms with van der Waals surface area (Å²) in [6.45, 7) is 3.84. The van der Waals surface area contributed by atoms with E-state index in [4.69, 9.17) is 23.4 Å². The van der Waals surface area contributed by atoms with Gasteiger partial charge >= 0.3 is 11.9 Å². The average molecular weight is 1170 g/mol. The van der Waals surface area contributed by atoms with Crippen molar-refractivity contribution in [3.05, 3.63) is 95.6 Å². The van der Waals surface area contributed by atoms with Crippen molar-refractivity contribution in [1.82, 2.24) is 10.2 Å². The lowest BCUT2D eigenvalue weighted by molar-refractivity contribution is -0.311. The van der Waals surface area contributed by atoms with E-state index in [1.54, 1.807) is 6.26 Å². The second kappa shape index (κ2) is 17.9. The number of benzene rings is 1. The molecule has 9 saturated carbocycles. The summed E-state index contributed by atoms with van der Waals surface area (Å²) in [5, 5.41) is 41.5. The van der Waals surface area contributed by atoms with Gasteiger partial charge in [-0.2, -0.15) is 0 Å². The number of aliphatic hydroxyl groups is 3. The van der Waals surface area contributed by atoms with E-state index in [-0.39, 0.29) is 71.8 Å². The number of hydrogen-bond donors (Lipinski definition) is 4. The second-order valence-corrected chi connectivity index (χ2v) is 32.4. The molecule has 0 radical (unpaired) electrons. The third-order valence-corrected chi connectivity index (χ3v) is 30.5. The number of hydrogen-bond acceptors (Lipinski definition) is 13. The summed E-state index contributed by atoms with van der Waals surface area (Å²) in [7, 11) is 0. The highest BCUT2D eigenvalue weighted by molar-refractivity contribution is 5.96. The molecule has 4 N–H and O–H groups in total. The normalized spacial score (nSPS) is 51.4. The van der Waals surface area contributed by atoms with E-state index in [9.17, 15) is 15.3 Å². The molecule has 19 rings (SSSR count). The monoisotopic (exact) mass is 1170 g/mol. The van der Waals surface area contributed by atoms with Crippen LogP contribution in [-0.4, -0.2) is 106 Å². The Labute approximate surface area is 506 Å². The van der Waals surface area contributed by atoms with Crippen LogP contribution in [0.25, 0.3) is 0 Å². The number of furan rings is 1. The van der Waals surface area contributed by atoms with Crippen LogP contribution in [0.3, 0.4) is 0 Å². The number of ether oxygens (including phenoxy) is 4. The van der Waals surface area contributed by atoms with E-state index in [1.807, 2.05) is 6.07 Å². The maximum absolute atomic E-state index is 17.7. The van der Waals surface area contributed by atoms with Crippen LogP contribution in [0.15, 0.2) is 83.2 Å². The highest BCUT2D eigenvalue weighted by Gasteiger charge is 3.02. The van der Waals surface area contributed by atoms with Crippen LogP contribution in [-0.2, 0) is 46.2 Å². The average Bonchev–Trinajstić information content (AvgIpc) is 1.39. The smallest absolute Gasteiger partial charge is 0.339 e. The Bertz CT molecular complexity index is 3290. The number of epoxide rings is 1. The first-order chi connectivity index (χ1) is 41.8. The summed E-state index contributed by atoms with van der Waals surface area (Å²) in [4.78, 5) is 52.6. The number of nitrogens with one attached hydrogen (secondary N) is 1. The Morgan fingerprint density at radius 1 is 0.872 bits per heavy atom. The van der Waals surface area contributed by atoms with Gasteiger partial charge in [-0.15, -0.1) is 0 Å². The van der Waals surface area contributed by atoms with Crippen LogP contribution in [0, 0.1) is 104 Å². The quantitative estimate of drug-likeness (QED) is 0.100. The lowest BCUT2D eigenvalue weighted by Crippen LogP contribution is -2.84. The summed E-state index contributed by atoms with van der Waals surface area (Å²) < 4.78 is 37.6. The maximum Gasteiger partial charge on any atom is 0.339 e. The lowest BCUT2D eigenvalue weighted by Gasteiger charge is -2.74. The largest absolute Gasteiger partial charge is 0.469 e. The summed E-state index contributed by atoms with van der Waals surface area (Å²) in [5.74, 6) is -0.202. The lowest BCUT2D eigenvalue weighted by atomic mass is 9.28. The number of nitrogens with zero attached hydrogens (tertiary/aromatic N) is 1. The molecule has 0 unspecified atom stereocenters. The van der Waals surface area contributed by atoms with Crippen molar-refractivity contribution in [3.8, 4) is 0 Å². The van der Waals surface area contributed by atoms with Gasteiger partial charge in [-0.1, -0.05) is 107 Å². The Morgan fingerprint density at radius 2 is 1.71 bits per heavy atom. The van der Waals surface area contributed by atoms with E-state index >= 15 is 14.4 Å². The molecule has 458 valence electrons. The minimum absolute atomic E-state index is 0.0523. The first-order valence-corrected chi connectivity index (χ1v) is 34.7. The Hall–Kier alpha value is -4.11. The van der Waals surface area contributed by atoms with Crippen LogP contribution in [0.5, 0.6) is 0 Å². The van der Waals surface area contributed by atoms with E-state index in [1.165, 1.54) is 11.1 Å². The van der Waals surface area contributed by atoms with Gasteiger partial charge < -0.3 is 43.6 Å². The van der Waals surface area contributed by atoms with E-state index < -0.39 is 86.1 Å². The molecule has 6 bridgehead atoms. The number of Topliss-reactive ketones (excluding diaryl/α,β-unsaturated/α-hetero) is 1. The molecule has 2 aromatic rings. The third-order valence-electron chi connectivity index (χ3n) is 30.5. The van der Waals surface area contributed by atoms with Crippen LogP contribution in [0.4, 0.5) is 0 Å². The minimum atomic E-state index is -1.50. The van der Waals surface area contributed by atoms with Crippen molar-refractivity contribution in [1.29, 1.82) is 0 Å². The van der Waals surface area contributed by atoms with Gasteiger partial charge in [0.05, 0.1) is 42.6 Å². The molecule has 10 aliphatic carbocycles. The van der Waals surface area contributed by atoms with Crippen molar-refractivity contribution in [3.63, 3.8) is 0 Å². The van der Waals surface area contributed by atoms with Crippen molar-refractivity contribution in [2.24, 2.45) is 104 Å². The van der Waals surface area contributed by atoms with E-state index in [0.717, 1.165) is 147 Å². The van der Waals surface area contributed by atoms with Gasteiger partial charge in [0.25, 0.3) is 0 Å². The van der Waals surface area contributed by atoms with Crippen LogP contribution >= 0.6 is 0 Å². The van der Waals surface area contributed by atoms with Crippen LogP contribution in [0.1, 0.15) is 165 Å². The number of cyclic esters (lactones) is 2. The predicted molar refractivity (Wildman–Crippen MR) is 315 cm³/mol. The predicted octanol–water partition coefficient (Wildman–Crippen LogP) is 10.1. The fraction of sp³-hybridized carbons (Fsp3) is 0.740. The molecule has 17 aliphatic rings. The number of fused-ring (bicyclic) bond motifs is 5. The van der Waals surface area contributed by atoms with Gasteiger partial charge in [0.2, 0.25) is 0 Å². The molecular formula is C73H90N2O11. The van der Waals surface area contributed by atoms with E-state index in [0.29, 0.717) is 48.8 Å². The first kappa shape index (κ1) is 53.7. The van der Waals surface area contributed by atoms with Crippen molar-refractivity contribution < 1.29 is 53.1 Å². The third kappa shape index (κ3) is 5.84. The van der Waals surface area contributed by atoms with Crippen molar-refractivity contribution >= 4 is 17.7 Å². The molecule has 13 nitrogen and oxygen atoms in total. The number of esters is 2. The van der Waals surface area contributed by atoms with Crippen LogP contribution < -0.4 is 5.32 Å². The Balaban J connectivity index is 0.830. The van der Waals surface area contributed by atoms with Gasteiger partial charge in [-0.25, -0.2) is 4.79 Å². The first-order valence-electron chi connectivity index (χ1n) is 34.7. The molecule has 86 heavy (non-hydrogen) atoms. The van der Waals surface area contributed by atoms with Crippen LogP contribution in [0.2, 0.25) is 0 Å². The number of allylic oxidation sites excluding steroid dienone is 2. The Morgan fingerprint density at radius 3 is 2.55 bits per heavy atom. The molecule has 14 fully saturated rings. The zero-order chi connectivity index (χ0) is 57.8. The molecule has 1 aromatic carbocycles. The number of carbonyl (C=O) groups excluding carboxylic acids is 3. The fourth-order valence-electron chi connectivity index (χ4n) is 28.4. The Kier molecular flexibility index (Phi) is 11.2. The zero-order valence-corrected chi connectivity index (χ0v) is 50.4. The zero-order valence-electron chi connectivity index (χ0n) is 50.4. The molecule has 6 spiro atoms. The van der Waals surface area contributed by atoms with Gasteiger partial charge in [0.1, 0.15) is 41.2 Å². The molecule has 8 heterocycles. The van der Waals surface area contributed by atoms with Crippen molar-refractivity contribution in [2.45, 2.75) is 202 Å². The summed E-state index contributed by atoms with van der Waals surface area (Å²) in [5.41, 5.74) is -5.61.